The van der Waals surface area contributed by atoms with Gasteiger partial charge in [0, 0.05) is 29.2 Å². The van der Waals surface area contributed by atoms with Crippen molar-refractivity contribution in [3.05, 3.63) is 47.7 Å². The van der Waals surface area contributed by atoms with Gasteiger partial charge in [-0.3, -0.25) is 4.79 Å². The third-order valence-corrected chi connectivity index (χ3v) is 6.20. The van der Waals surface area contributed by atoms with E-state index in [4.69, 9.17) is 0 Å². The highest BCUT2D eigenvalue weighted by Crippen LogP contribution is 2.59. The number of aldehydes is 1. The molecule has 0 N–H and O–H groups in total. The minimum atomic E-state index is 0.507. The second-order valence-corrected chi connectivity index (χ2v) is 7.48. The molecule has 1 fully saturated rings. The summed E-state index contributed by atoms with van der Waals surface area (Å²) in [6.45, 7) is 5.87. The Hall–Kier alpha value is -1.83. The predicted molar refractivity (Wildman–Crippen MR) is 90.0 cm³/mol. The van der Waals surface area contributed by atoms with Gasteiger partial charge in [0.2, 0.25) is 0 Å². The Morgan fingerprint density at radius 3 is 2.91 bits per heavy atom. The zero-order valence-electron chi connectivity index (χ0n) is 13.4. The van der Waals surface area contributed by atoms with Crippen molar-refractivity contribution in [3.63, 3.8) is 0 Å². The molecule has 1 aromatic carbocycles. The van der Waals surface area contributed by atoms with Gasteiger partial charge in [0.05, 0.1) is 0 Å². The topological polar surface area (TPSA) is 22.0 Å². The molecule has 0 unspecified atom stereocenters. The molecule has 0 radical (unpaired) electrons. The Morgan fingerprint density at radius 1 is 1.32 bits per heavy atom. The van der Waals surface area contributed by atoms with E-state index in [1.807, 2.05) is 12.1 Å². The number of aryl methyl sites for hydroxylation is 1. The van der Waals surface area contributed by atoms with Gasteiger partial charge >= 0.3 is 0 Å². The fourth-order valence-corrected chi connectivity index (χ4v) is 4.55. The van der Waals surface area contributed by atoms with E-state index < -0.39 is 0 Å². The van der Waals surface area contributed by atoms with Crippen LogP contribution in [0, 0.1) is 17.3 Å². The van der Waals surface area contributed by atoms with Crippen molar-refractivity contribution in [1.82, 2.24) is 4.57 Å². The van der Waals surface area contributed by atoms with Crippen molar-refractivity contribution >= 4 is 17.2 Å². The van der Waals surface area contributed by atoms with E-state index in [1.54, 1.807) is 5.57 Å². The molecule has 0 aliphatic heterocycles. The molecule has 0 spiro atoms. The molecule has 22 heavy (non-hydrogen) atoms. The van der Waals surface area contributed by atoms with Gasteiger partial charge in [-0.25, -0.2) is 0 Å². The van der Waals surface area contributed by atoms with E-state index in [0.29, 0.717) is 5.41 Å². The first-order chi connectivity index (χ1) is 10.6. The number of benzene rings is 1. The highest BCUT2D eigenvalue weighted by Gasteiger charge is 2.50. The van der Waals surface area contributed by atoms with Crippen molar-refractivity contribution in [2.75, 3.05) is 0 Å². The highest BCUT2D eigenvalue weighted by atomic mass is 16.1. The number of rotatable bonds is 4. The van der Waals surface area contributed by atoms with Crippen LogP contribution in [-0.4, -0.2) is 10.9 Å². The quantitative estimate of drug-likeness (QED) is 0.584. The van der Waals surface area contributed by atoms with Gasteiger partial charge in [0.15, 0.2) is 6.29 Å². The van der Waals surface area contributed by atoms with Crippen LogP contribution in [0.3, 0.4) is 0 Å². The second kappa shape index (κ2) is 4.84. The zero-order valence-corrected chi connectivity index (χ0v) is 13.4. The van der Waals surface area contributed by atoms with Crippen LogP contribution in [0.25, 0.3) is 10.9 Å². The van der Waals surface area contributed by atoms with Crippen molar-refractivity contribution in [3.8, 4) is 0 Å². The molecule has 3 aliphatic rings. The van der Waals surface area contributed by atoms with E-state index in [2.05, 4.69) is 42.8 Å². The molecular formula is C20H23NO. The van der Waals surface area contributed by atoms with Crippen LogP contribution in [0.1, 0.15) is 43.5 Å². The number of nitrogens with zero attached hydrogens (tertiary/aromatic N) is 1. The molecule has 2 aromatic rings. The van der Waals surface area contributed by atoms with E-state index in [-0.39, 0.29) is 0 Å². The third kappa shape index (κ3) is 1.89. The summed E-state index contributed by atoms with van der Waals surface area (Å²) in [7, 11) is 0. The van der Waals surface area contributed by atoms with E-state index >= 15 is 0 Å². The molecule has 2 heteroatoms. The molecule has 2 atom stereocenters. The van der Waals surface area contributed by atoms with Crippen molar-refractivity contribution < 1.29 is 4.79 Å². The van der Waals surface area contributed by atoms with Gasteiger partial charge in [-0.1, -0.05) is 37.6 Å². The van der Waals surface area contributed by atoms with Gasteiger partial charge in [-0.15, -0.1) is 0 Å². The number of hydrogen-bond acceptors (Lipinski definition) is 1. The number of carbonyl (C=O) groups is 1. The maximum atomic E-state index is 11.1. The summed E-state index contributed by atoms with van der Waals surface area (Å²) in [6, 6.07) is 8.04. The normalized spacial score (nSPS) is 25.6. The Balaban J connectivity index is 1.56. The smallest absolute Gasteiger partial charge is 0.150 e. The Labute approximate surface area is 131 Å². The van der Waals surface area contributed by atoms with Crippen molar-refractivity contribution in [2.45, 2.75) is 39.7 Å². The van der Waals surface area contributed by atoms with Gasteiger partial charge in [-0.2, -0.15) is 0 Å². The summed E-state index contributed by atoms with van der Waals surface area (Å²) in [5.41, 5.74) is 4.12. The van der Waals surface area contributed by atoms with Crippen LogP contribution in [-0.2, 0) is 6.54 Å². The van der Waals surface area contributed by atoms with Crippen LogP contribution in [0.5, 0.6) is 0 Å². The van der Waals surface area contributed by atoms with Gasteiger partial charge in [-0.05, 0) is 48.6 Å². The summed E-state index contributed by atoms with van der Waals surface area (Å²) in [6.07, 6.45) is 9.35. The van der Waals surface area contributed by atoms with Crippen molar-refractivity contribution in [1.29, 1.82) is 0 Å². The van der Waals surface area contributed by atoms with Crippen LogP contribution in [0.4, 0.5) is 0 Å². The fraction of sp³-hybridized carbons (Fsp3) is 0.450. The molecule has 2 bridgehead atoms. The number of allylic oxidation sites excluding steroid dienone is 2. The van der Waals surface area contributed by atoms with E-state index in [0.717, 1.165) is 42.0 Å². The molecule has 114 valence electrons. The van der Waals surface area contributed by atoms with Crippen LogP contribution < -0.4 is 0 Å². The molecule has 0 amide bonds. The van der Waals surface area contributed by atoms with Gasteiger partial charge in [0.1, 0.15) is 0 Å². The summed E-state index contributed by atoms with van der Waals surface area (Å²) < 4.78 is 2.29. The summed E-state index contributed by atoms with van der Waals surface area (Å²) in [5, 5.41) is 1.07. The molecule has 1 aromatic heterocycles. The maximum Gasteiger partial charge on any atom is 0.150 e. The van der Waals surface area contributed by atoms with Crippen molar-refractivity contribution in [2.24, 2.45) is 17.3 Å². The average molecular weight is 293 g/mol. The Kier molecular flexibility index (Phi) is 3.04. The molecule has 1 heterocycles. The molecule has 0 saturated heterocycles. The number of hydrogen-bond donors (Lipinski definition) is 0. The van der Waals surface area contributed by atoms with Gasteiger partial charge < -0.3 is 4.57 Å². The fourth-order valence-electron chi connectivity index (χ4n) is 4.55. The molecule has 1 saturated carbocycles. The van der Waals surface area contributed by atoms with Crippen LogP contribution in [0.15, 0.2) is 42.1 Å². The maximum absolute atomic E-state index is 11.1. The first kappa shape index (κ1) is 13.8. The number of fused-ring (bicyclic) bond motifs is 2. The number of carbonyl (C=O) groups excluding carboxylic acids is 1. The van der Waals surface area contributed by atoms with Gasteiger partial charge in [0.25, 0.3) is 0 Å². The minimum Gasteiger partial charge on any atom is -0.347 e. The van der Waals surface area contributed by atoms with Crippen LogP contribution >= 0.6 is 0 Å². The second-order valence-electron chi connectivity index (χ2n) is 7.48. The standard InChI is InChI=1S/C20H23NO/c1-20(2)16-7-6-14(18(20)12-16)8-10-21-11-9-17-15(13-22)4-3-5-19(17)21/h3-6,9,11,13,16,18H,7-8,10,12H2,1-2H3/t16-,18+/m0/s1. The molecule has 2 nitrogen and oxygen atoms in total. The molecule has 3 aliphatic carbocycles. The lowest BCUT2D eigenvalue weighted by Gasteiger charge is -2.56. The Bertz CT molecular complexity index is 765. The Morgan fingerprint density at radius 2 is 2.18 bits per heavy atom. The lowest BCUT2D eigenvalue weighted by Crippen LogP contribution is -2.48. The average Bonchev–Trinajstić information content (AvgIpc) is 2.96. The first-order valence-corrected chi connectivity index (χ1v) is 8.33. The first-order valence-electron chi connectivity index (χ1n) is 8.33. The summed E-state index contributed by atoms with van der Waals surface area (Å²) in [4.78, 5) is 11.1. The van der Waals surface area contributed by atoms with Crippen LogP contribution in [0.2, 0.25) is 0 Å². The molecule has 5 rings (SSSR count). The van der Waals surface area contributed by atoms with E-state index in [1.165, 1.54) is 18.4 Å². The lowest BCUT2D eigenvalue weighted by atomic mass is 9.48. The highest BCUT2D eigenvalue weighted by molar-refractivity contribution is 5.97. The number of aromatic nitrogens is 1. The largest absolute Gasteiger partial charge is 0.347 e. The summed E-state index contributed by atoms with van der Waals surface area (Å²) in [5.74, 6) is 1.70. The molecular weight excluding hydrogens is 270 g/mol. The SMILES string of the molecule is CC1(C)[C@H]2CC=C(CCn3ccc4c(C=O)cccc43)[C@H]1C2. The third-order valence-electron chi connectivity index (χ3n) is 6.20. The monoisotopic (exact) mass is 293 g/mol. The summed E-state index contributed by atoms with van der Waals surface area (Å²) >= 11 is 0. The van der Waals surface area contributed by atoms with E-state index in [9.17, 15) is 4.79 Å². The zero-order chi connectivity index (χ0) is 15.3. The predicted octanol–water partition coefficient (Wildman–Crippen LogP) is 4.84. The lowest BCUT2D eigenvalue weighted by molar-refractivity contribution is -0.00851. The minimum absolute atomic E-state index is 0.507.